The van der Waals surface area contributed by atoms with E-state index in [4.69, 9.17) is 5.73 Å². The quantitative estimate of drug-likeness (QED) is 0.780. The number of benzene rings is 1. The van der Waals surface area contributed by atoms with Gasteiger partial charge in [0.1, 0.15) is 0 Å². The summed E-state index contributed by atoms with van der Waals surface area (Å²) in [6.07, 6.45) is 3.59. The van der Waals surface area contributed by atoms with Crippen molar-refractivity contribution < 1.29 is 0 Å². The predicted molar refractivity (Wildman–Crippen MR) is 56.2 cm³/mol. The number of para-hydroxylation sites is 1. The van der Waals surface area contributed by atoms with Crippen LogP contribution in [-0.2, 0) is 0 Å². The van der Waals surface area contributed by atoms with E-state index in [1.165, 1.54) is 0 Å². The molecule has 3 heteroatoms. The van der Waals surface area contributed by atoms with Crippen molar-refractivity contribution >= 4 is 0 Å². The van der Waals surface area contributed by atoms with E-state index in [1.54, 1.807) is 12.5 Å². The van der Waals surface area contributed by atoms with Crippen molar-refractivity contribution in [1.82, 2.24) is 9.55 Å². The SMILES string of the molecule is C[C@@H](N)c1cncn1-c1ccccc1. The molecule has 72 valence electrons. The fraction of sp³-hybridized carbons (Fsp3) is 0.182. The maximum Gasteiger partial charge on any atom is 0.0994 e. The van der Waals surface area contributed by atoms with Crippen molar-refractivity contribution in [3.8, 4) is 5.69 Å². The van der Waals surface area contributed by atoms with Crippen molar-refractivity contribution in [3.05, 3.63) is 48.5 Å². The van der Waals surface area contributed by atoms with E-state index >= 15 is 0 Å². The zero-order valence-electron chi connectivity index (χ0n) is 8.09. The fourth-order valence-corrected chi connectivity index (χ4v) is 1.45. The van der Waals surface area contributed by atoms with Crippen LogP contribution in [0.25, 0.3) is 5.69 Å². The van der Waals surface area contributed by atoms with Gasteiger partial charge in [-0.3, -0.25) is 0 Å². The molecule has 0 saturated carbocycles. The molecule has 0 bridgehead atoms. The zero-order valence-corrected chi connectivity index (χ0v) is 8.09. The van der Waals surface area contributed by atoms with Gasteiger partial charge >= 0.3 is 0 Å². The van der Waals surface area contributed by atoms with Crippen LogP contribution >= 0.6 is 0 Å². The summed E-state index contributed by atoms with van der Waals surface area (Å²) >= 11 is 0. The van der Waals surface area contributed by atoms with Crippen LogP contribution in [0.5, 0.6) is 0 Å². The highest BCUT2D eigenvalue weighted by Gasteiger charge is 2.06. The first-order valence-corrected chi connectivity index (χ1v) is 4.62. The number of nitrogens with zero attached hydrogens (tertiary/aromatic N) is 2. The first kappa shape index (κ1) is 8.97. The number of hydrogen-bond acceptors (Lipinski definition) is 2. The van der Waals surface area contributed by atoms with Crippen molar-refractivity contribution in [2.24, 2.45) is 5.73 Å². The van der Waals surface area contributed by atoms with E-state index in [1.807, 2.05) is 41.8 Å². The summed E-state index contributed by atoms with van der Waals surface area (Å²) in [5.41, 5.74) is 7.95. The number of rotatable bonds is 2. The second-order valence-electron chi connectivity index (χ2n) is 3.31. The lowest BCUT2D eigenvalue weighted by Gasteiger charge is -2.10. The molecule has 0 spiro atoms. The van der Waals surface area contributed by atoms with Crippen LogP contribution in [0.15, 0.2) is 42.9 Å². The van der Waals surface area contributed by atoms with Gasteiger partial charge in [0.25, 0.3) is 0 Å². The Morgan fingerprint density at radius 2 is 2.00 bits per heavy atom. The Kier molecular flexibility index (Phi) is 2.33. The number of aromatic nitrogens is 2. The Bertz CT molecular complexity index is 403. The Hall–Kier alpha value is -1.61. The van der Waals surface area contributed by atoms with E-state index in [0.717, 1.165) is 11.4 Å². The second-order valence-corrected chi connectivity index (χ2v) is 3.31. The van der Waals surface area contributed by atoms with E-state index in [-0.39, 0.29) is 6.04 Å². The fourth-order valence-electron chi connectivity index (χ4n) is 1.45. The molecule has 3 nitrogen and oxygen atoms in total. The Morgan fingerprint density at radius 3 is 2.64 bits per heavy atom. The molecular formula is C11H13N3. The molecule has 1 aromatic heterocycles. The van der Waals surface area contributed by atoms with Gasteiger partial charge in [-0.05, 0) is 19.1 Å². The minimum atomic E-state index is -0.00212. The Balaban J connectivity index is 2.47. The summed E-state index contributed by atoms with van der Waals surface area (Å²) in [5.74, 6) is 0. The summed E-state index contributed by atoms with van der Waals surface area (Å²) in [5, 5.41) is 0. The molecule has 0 radical (unpaired) electrons. The second kappa shape index (κ2) is 3.64. The molecule has 14 heavy (non-hydrogen) atoms. The standard InChI is InChI=1S/C11H13N3/c1-9(12)11-7-13-8-14(11)10-5-3-2-4-6-10/h2-9H,12H2,1H3/t9-/m1/s1. The largest absolute Gasteiger partial charge is 0.323 e. The van der Waals surface area contributed by atoms with Crippen molar-refractivity contribution in [2.45, 2.75) is 13.0 Å². The van der Waals surface area contributed by atoms with E-state index in [0.29, 0.717) is 0 Å². The van der Waals surface area contributed by atoms with Gasteiger partial charge in [-0.15, -0.1) is 0 Å². The third-order valence-corrected chi connectivity index (χ3v) is 2.17. The molecule has 1 atom stereocenters. The molecule has 0 aliphatic carbocycles. The number of hydrogen-bond donors (Lipinski definition) is 1. The third kappa shape index (κ3) is 1.54. The average molecular weight is 187 g/mol. The lowest BCUT2D eigenvalue weighted by atomic mass is 10.2. The normalized spacial score (nSPS) is 12.7. The average Bonchev–Trinajstić information content (AvgIpc) is 2.67. The molecule has 0 aliphatic heterocycles. The van der Waals surface area contributed by atoms with Crippen LogP contribution in [-0.4, -0.2) is 9.55 Å². The van der Waals surface area contributed by atoms with Crippen LogP contribution < -0.4 is 5.73 Å². The monoisotopic (exact) mass is 187 g/mol. The van der Waals surface area contributed by atoms with Crippen LogP contribution in [0.4, 0.5) is 0 Å². The zero-order chi connectivity index (χ0) is 9.97. The van der Waals surface area contributed by atoms with Crippen LogP contribution in [0.3, 0.4) is 0 Å². The van der Waals surface area contributed by atoms with Crippen LogP contribution in [0, 0.1) is 0 Å². The Labute approximate surface area is 83.2 Å². The predicted octanol–water partition coefficient (Wildman–Crippen LogP) is 1.89. The summed E-state index contributed by atoms with van der Waals surface area (Å²) < 4.78 is 2.00. The third-order valence-electron chi connectivity index (χ3n) is 2.17. The summed E-state index contributed by atoms with van der Waals surface area (Å²) in [4.78, 5) is 4.10. The topological polar surface area (TPSA) is 43.8 Å². The minimum absolute atomic E-state index is 0.00212. The van der Waals surface area contributed by atoms with Gasteiger partial charge in [-0.25, -0.2) is 4.98 Å². The molecule has 0 fully saturated rings. The molecule has 2 N–H and O–H groups in total. The van der Waals surface area contributed by atoms with Crippen molar-refractivity contribution in [3.63, 3.8) is 0 Å². The molecule has 0 aliphatic rings. The first-order chi connectivity index (χ1) is 6.79. The molecule has 2 aromatic rings. The van der Waals surface area contributed by atoms with Crippen LogP contribution in [0.1, 0.15) is 18.7 Å². The maximum absolute atomic E-state index is 5.84. The van der Waals surface area contributed by atoms with E-state index in [9.17, 15) is 0 Å². The van der Waals surface area contributed by atoms with Gasteiger partial charge in [0.2, 0.25) is 0 Å². The maximum atomic E-state index is 5.84. The molecule has 1 heterocycles. The van der Waals surface area contributed by atoms with Gasteiger partial charge in [0.15, 0.2) is 0 Å². The number of imidazole rings is 1. The molecule has 1 aromatic carbocycles. The van der Waals surface area contributed by atoms with Gasteiger partial charge < -0.3 is 10.3 Å². The minimum Gasteiger partial charge on any atom is -0.323 e. The summed E-state index contributed by atoms with van der Waals surface area (Å²) in [6, 6.07) is 10.1. The highest BCUT2D eigenvalue weighted by Crippen LogP contribution is 2.14. The number of nitrogens with two attached hydrogens (primary N) is 1. The summed E-state index contributed by atoms with van der Waals surface area (Å²) in [6.45, 7) is 1.95. The van der Waals surface area contributed by atoms with Gasteiger partial charge in [0, 0.05) is 11.7 Å². The lowest BCUT2D eigenvalue weighted by Crippen LogP contribution is -2.10. The smallest absolute Gasteiger partial charge is 0.0994 e. The van der Waals surface area contributed by atoms with Gasteiger partial charge in [0.05, 0.1) is 18.2 Å². The molecule has 0 amide bonds. The first-order valence-electron chi connectivity index (χ1n) is 4.62. The van der Waals surface area contributed by atoms with Gasteiger partial charge in [-0.1, -0.05) is 18.2 Å². The van der Waals surface area contributed by atoms with E-state index < -0.39 is 0 Å². The molecular weight excluding hydrogens is 174 g/mol. The molecule has 2 rings (SSSR count). The Morgan fingerprint density at radius 1 is 1.29 bits per heavy atom. The molecule has 0 unspecified atom stereocenters. The van der Waals surface area contributed by atoms with Crippen molar-refractivity contribution in [1.29, 1.82) is 0 Å². The highest BCUT2D eigenvalue weighted by atomic mass is 15.1. The lowest BCUT2D eigenvalue weighted by molar-refractivity contribution is 0.752. The van der Waals surface area contributed by atoms with E-state index in [2.05, 4.69) is 4.98 Å². The highest BCUT2D eigenvalue weighted by molar-refractivity contribution is 5.33. The van der Waals surface area contributed by atoms with Crippen LogP contribution in [0.2, 0.25) is 0 Å². The van der Waals surface area contributed by atoms with Crippen molar-refractivity contribution in [2.75, 3.05) is 0 Å². The van der Waals surface area contributed by atoms with Gasteiger partial charge in [-0.2, -0.15) is 0 Å². The molecule has 0 saturated heterocycles. The summed E-state index contributed by atoms with van der Waals surface area (Å²) in [7, 11) is 0.